The van der Waals surface area contributed by atoms with Crippen LogP contribution in [0.25, 0.3) is 0 Å². The molecule has 2 amide bonds. The molecule has 1 fully saturated rings. The largest absolute Gasteiger partial charge is 0.481 e. The van der Waals surface area contributed by atoms with Crippen molar-refractivity contribution < 1.29 is 14.7 Å². The van der Waals surface area contributed by atoms with Crippen molar-refractivity contribution in [3.63, 3.8) is 0 Å². The Morgan fingerprint density at radius 1 is 1.35 bits per heavy atom. The number of hydrogen-bond acceptors (Lipinski definition) is 2. The highest BCUT2D eigenvalue weighted by atomic mass is 16.4. The van der Waals surface area contributed by atoms with Crippen LogP contribution in [0.3, 0.4) is 0 Å². The maximum absolute atomic E-state index is 12.0. The van der Waals surface area contributed by atoms with Gasteiger partial charge in [0.15, 0.2) is 0 Å². The Morgan fingerprint density at radius 2 is 1.88 bits per heavy atom. The fourth-order valence-electron chi connectivity index (χ4n) is 2.32. The molecule has 1 N–H and O–H groups in total. The van der Waals surface area contributed by atoms with Crippen molar-refractivity contribution in [3.8, 4) is 0 Å². The van der Waals surface area contributed by atoms with Gasteiger partial charge in [-0.05, 0) is 12.8 Å². The van der Waals surface area contributed by atoms with Gasteiger partial charge in [-0.1, -0.05) is 13.8 Å². The van der Waals surface area contributed by atoms with Gasteiger partial charge in [-0.3, -0.25) is 4.79 Å². The number of carbonyl (C=O) groups is 2. The third kappa shape index (κ3) is 3.35. The van der Waals surface area contributed by atoms with Crippen LogP contribution in [0.2, 0.25) is 0 Å². The number of carboxylic acids is 1. The first-order valence-electron chi connectivity index (χ1n) is 6.23. The number of urea groups is 1. The number of carboxylic acid groups (broad SMARTS) is 1. The lowest BCUT2D eigenvalue weighted by Gasteiger charge is -2.42. The molecule has 0 radical (unpaired) electrons. The van der Waals surface area contributed by atoms with Gasteiger partial charge in [0.2, 0.25) is 0 Å². The van der Waals surface area contributed by atoms with Crippen molar-refractivity contribution in [3.05, 3.63) is 0 Å². The Kier molecular flexibility index (Phi) is 4.78. The molecule has 0 aromatic carbocycles. The number of carbonyl (C=O) groups excluding carboxylic acids is 1. The number of amides is 2. The summed E-state index contributed by atoms with van der Waals surface area (Å²) in [6, 6.07) is 0.307. The lowest BCUT2D eigenvalue weighted by atomic mass is 9.97. The highest BCUT2D eigenvalue weighted by Gasteiger charge is 2.34. The molecule has 0 atom stereocenters. The van der Waals surface area contributed by atoms with Crippen LogP contribution >= 0.6 is 0 Å². The predicted octanol–water partition coefficient (Wildman–Crippen LogP) is 1.63. The van der Waals surface area contributed by atoms with Crippen molar-refractivity contribution in [1.82, 2.24) is 9.80 Å². The van der Waals surface area contributed by atoms with E-state index in [9.17, 15) is 9.59 Å². The molecule has 1 heterocycles. The second kappa shape index (κ2) is 5.89. The van der Waals surface area contributed by atoms with Gasteiger partial charge in [-0.25, -0.2) is 4.79 Å². The quantitative estimate of drug-likeness (QED) is 0.797. The average molecular weight is 242 g/mol. The van der Waals surface area contributed by atoms with Crippen LogP contribution < -0.4 is 0 Å². The second-order valence-electron chi connectivity index (χ2n) is 4.73. The van der Waals surface area contributed by atoms with Crippen LogP contribution in [-0.4, -0.2) is 53.1 Å². The average Bonchev–Trinajstić information content (AvgIpc) is 2.23. The molecule has 0 unspecified atom stereocenters. The van der Waals surface area contributed by atoms with Gasteiger partial charge in [0.05, 0.1) is 6.42 Å². The number of aliphatic carboxylic acids is 1. The summed E-state index contributed by atoms with van der Waals surface area (Å²) >= 11 is 0. The Labute approximate surface area is 102 Å². The second-order valence-corrected chi connectivity index (χ2v) is 4.73. The van der Waals surface area contributed by atoms with Crippen LogP contribution in [0.1, 0.15) is 33.1 Å². The van der Waals surface area contributed by atoms with Crippen molar-refractivity contribution >= 4 is 12.0 Å². The number of likely N-dealkylation sites (tertiary alicyclic amines) is 1. The molecule has 5 nitrogen and oxygen atoms in total. The Balaban J connectivity index is 2.38. The summed E-state index contributed by atoms with van der Waals surface area (Å²) in [5.74, 6) is -0.651. The monoisotopic (exact) mass is 242 g/mol. The first-order chi connectivity index (χ1) is 7.99. The van der Waals surface area contributed by atoms with Crippen LogP contribution in [0.15, 0.2) is 0 Å². The van der Waals surface area contributed by atoms with Crippen LogP contribution in [-0.2, 0) is 4.79 Å². The summed E-state index contributed by atoms with van der Waals surface area (Å²) in [5.41, 5.74) is 0. The van der Waals surface area contributed by atoms with Crippen LogP contribution in [0.4, 0.5) is 4.79 Å². The van der Waals surface area contributed by atoms with E-state index in [4.69, 9.17) is 5.11 Å². The van der Waals surface area contributed by atoms with Gasteiger partial charge >= 0.3 is 12.0 Å². The number of rotatable bonds is 5. The summed E-state index contributed by atoms with van der Waals surface area (Å²) in [4.78, 5) is 26.0. The first-order valence-corrected chi connectivity index (χ1v) is 6.23. The van der Waals surface area contributed by atoms with Gasteiger partial charge in [-0.15, -0.1) is 0 Å². The minimum Gasteiger partial charge on any atom is -0.481 e. The molecule has 0 aromatic heterocycles. The summed E-state index contributed by atoms with van der Waals surface area (Å²) in [7, 11) is 1.82. The fraction of sp³-hybridized carbons (Fsp3) is 0.833. The molecule has 0 spiro atoms. The van der Waals surface area contributed by atoms with Gasteiger partial charge in [0.1, 0.15) is 0 Å². The Morgan fingerprint density at radius 3 is 2.29 bits per heavy atom. The minimum atomic E-state index is -0.782. The third-order valence-electron chi connectivity index (χ3n) is 3.48. The smallest absolute Gasteiger partial charge is 0.320 e. The molecule has 0 bridgehead atoms. The summed E-state index contributed by atoms with van der Waals surface area (Å²) in [5, 5.41) is 8.63. The van der Waals surface area contributed by atoms with Gasteiger partial charge in [0, 0.05) is 32.1 Å². The van der Waals surface area contributed by atoms with Crippen molar-refractivity contribution in [2.45, 2.75) is 39.2 Å². The number of hydrogen-bond donors (Lipinski definition) is 1. The Hall–Kier alpha value is -1.26. The van der Waals surface area contributed by atoms with Crippen molar-refractivity contribution in [2.24, 2.45) is 5.92 Å². The third-order valence-corrected chi connectivity index (χ3v) is 3.48. The molecule has 0 saturated carbocycles. The van der Waals surface area contributed by atoms with Crippen LogP contribution in [0.5, 0.6) is 0 Å². The molecule has 1 aliphatic rings. The molecule has 1 aliphatic heterocycles. The van der Waals surface area contributed by atoms with E-state index >= 15 is 0 Å². The van der Waals surface area contributed by atoms with E-state index in [0.29, 0.717) is 13.1 Å². The normalized spacial score (nSPS) is 15.9. The van der Waals surface area contributed by atoms with E-state index < -0.39 is 5.97 Å². The highest BCUT2D eigenvalue weighted by Crippen LogP contribution is 2.21. The number of nitrogens with zero attached hydrogens (tertiary/aromatic N) is 2. The van der Waals surface area contributed by atoms with Crippen molar-refractivity contribution in [2.75, 3.05) is 20.1 Å². The lowest BCUT2D eigenvalue weighted by molar-refractivity contribution is -0.139. The molecule has 0 aromatic rings. The standard InChI is InChI=1S/C12H22N2O3/c1-4-10(5-2)13(3)12(17)14-7-9(8-14)6-11(15)16/h9-10H,4-8H2,1-3H3,(H,15,16). The summed E-state index contributed by atoms with van der Waals surface area (Å²) < 4.78 is 0. The van der Waals surface area contributed by atoms with E-state index in [-0.39, 0.29) is 24.4 Å². The maximum atomic E-state index is 12.0. The molecular formula is C12H22N2O3. The van der Waals surface area contributed by atoms with Crippen molar-refractivity contribution in [1.29, 1.82) is 0 Å². The molecule has 98 valence electrons. The summed E-state index contributed by atoms with van der Waals surface area (Å²) in [6.45, 7) is 5.30. The zero-order chi connectivity index (χ0) is 13.0. The Bertz CT molecular complexity index is 283. The van der Waals surface area contributed by atoms with E-state index in [0.717, 1.165) is 12.8 Å². The zero-order valence-electron chi connectivity index (χ0n) is 10.8. The lowest BCUT2D eigenvalue weighted by Crippen LogP contribution is -2.56. The summed E-state index contributed by atoms with van der Waals surface area (Å²) in [6.07, 6.45) is 2.06. The van der Waals surface area contributed by atoms with Gasteiger partial charge < -0.3 is 14.9 Å². The zero-order valence-corrected chi connectivity index (χ0v) is 10.8. The van der Waals surface area contributed by atoms with E-state index in [1.54, 1.807) is 9.80 Å². The molecule has 17 heavy (non-hydrogen) atoms. The van der Waals surface area contributed by atoms with Gasteiger partial charge in [0.25, 0.3) is 0 Å². The molecule has 1 saturated heterocycles. The first kappa shape index (κ1) is 13.8. The van der Waals surface area contributed by atoms with Gasteiger partial charge in [-0.2, -0.15) is 0 Å². The van der Waals surface area contributed by atoms with E-state index in [2.05, 4.69) is 13.8 Å². The topological polar surface area (TPSA) is 60.9 Å². The predicted molar refractivity (Wildman–Crippen MR) is 64.8 cm³/mol. The molecular weight excluding hydrogens is 220 g/mol. The fourth-order valence-corrected chi connectivity index (χ4v) is 2.32. The highest BCUT2D eigenvalue weighted by molar-refractivity contribution is 5.76. The van der Waals surface area contributed by atoms with E-state index in [1.165, 1.54) is 0 Å². The SMILES string of the molecule is CCC(CC)N(C)C(=O)N1CC(CC(=O)O)C1. The minimum absolute atomic E-state index is 0.0281. The molecule has 5 heteroatoms. The van der Waals surface area contributed by atoms with Crippen LogP contribution in [0, 0.1) is 5.92 Å². The van der Waals surface area contributed by atoms with E-state index in [1.807, 2.05) is 7.05 Å². The molecule has 0 aliphatic carbocycles. The molecule has 1 rings (SSSR count). The maximum Gasteiger partial charge on any atom is 0.320 e.